The Kier molecular flexibility index (Phi) is 2.23. The zero-order valence-electron chi connectivity index (χ0n) is 7.96. The number of halogens is 1. The maximum Gasteiger partial charge on any atom is 0.227 e. The molecule has 1 N–H and O–H groups in total. The van der Waals surface area contributed by atoms with E-state index in [4.69, 9.17) is 0 Å². The lowest BCUT2D eigenvalue weighted by atomic mass is 10.2. The van der Waals surface area contributed by atoms with Gasteiger partial charge in [-0.25, -0.2) is 4.39 Å². The van der Waals surface area contributed by atoms with Gasteiger partial charge in [0.1, 0.15) is 5.82 Å². The highest BCUT2D eigenvalue weighted by atomic mass is 19.1. The predicted octanol–water partition coefficient (Wildman–Crippen LogP) is 2.42. The predicted molar refractivity (Wildman–Crippen MR) is 52.3 cm³/mol. The number of hydrogen-bond acceptors (Lipinski definition) is 1. The third kappa shape index (κ3) is 1.76. The number of anilines is 1. The van der Waals surface area contributed by atoms with Crippen molar-refractivity contribution in [3.05, 3.63) is 30.1 Å². The fourth-order valence-electron chi connectivity index (χ4n) is 1.48. The maximum absolute atomic E-state index is 13.1. The molecule has 0 radical (unpaired) electrons. The van der Waals surface area contributed by atoms with Crippen LogP contribution in [0.1, 0.15) is 13.3 Å². The topological polar surface area (TPSA) is 29.1 Å². The van der Waals surface area contributed by atoms with Gasteiger partial charge in [-0.1, -0.05) is 19.1 Å². The fraction of sp³-hybridized carbons (Fsp3) is 0.364. The summed E-state index contributed by atoms with van der Waals surface area (Å²) in [5, 5.41) is 2.59. The molecule has 1 saturated carbocycles. The second-order valence-corrected chi connectivity index (χ2v) is 3.79. The molecule has 1 aliphatic carbocycles. The Labute approximate surface area is 82.1 Å². The van der Waals surface area contributed by atoms with E-state index in [0.717, 1.165) is 6.42 Å². The number of nitrogens with one attached hydrogen (secondary N) is 1. The molecule has 1 amide bonds. The van der Waals surface area contributed by atoms with Crippen LogP contribution in [0.5, 0.6) is 0 Å². The van der Waals surface area contributed by atoms with Gasteiger partial charge in [-0.05, 0) is 24.5 Å². The number of para-hydroxylation sites is 1. The third-order valence-electron chi connectivity index (χ3n) is 2.58. The minimum Gasteiger partial charge on any atom is -0.323 e. The second kappa shape index (κ2) is 3.40. The molecule has 0 heterocycles. The summed E-state index contributed by atoms with van der Waals surface area (Å²) >= 11 is 0. The number of benzene rings is 1. The minimum atomic E-state index is -0.380. The highest BCUT2D eigenvalue weighted by molar-refractivity contribution is 5.94. The van der Waals surface area contributed by atoms with E-state index in [0.29, 0.717) is 5.92 Å². The van der Waals surface area contributed by atoms with Gasteiger partial charge in [-0.3, -0.25) is 4.79 Å². The van der Waals surface area contributed by atoms with E-state index in [2.05, 4.69) is 5.32 Å². The van der Waals surface area contributed by atoms with Crippen molar-refractivity contribution in [1.29, 1.82) is 0 Å². The van der Waals surface area contributed by atoms with Gasteiger partial charge >= 0.3 is 0 Å². The molecule has 1 aliphatic rings. The lowest BCUT2D eigenvalue weighted by molar-refractivity contribution is -0.117. The van der Waals surface area contributed by atoms with Crippen molar-refractivity contribution in [1.82, 2.24) is 0 Å². The van der Waals surface area contributed by atoms with Gasteiger partial charge in [0.05, 0.1) is 5.69 Å². The molecule has 1 aromatic rings. The zero-order chi connectivity index (χ0) is 10.1. The Morgan fingerprint density at radius 1 is 1.50 bits per heavy atom. The molecule has 0 bridgehead atoms. The molecule has 2 atom stereocenters. The summed E-state index contributed by atoms with van der Waals surface area (Å²) in [7, 11) is 0. The number of carbonyl (C=O) groups excluding carboxylic acids is 1. The minimum absolute atomic E-state index is 0.0670. The van der Waals surface area contributed by atoms with Gasteiger partial charge in [0.15, 0.2) is 0 Å². The number of hydrogen-bond donors (Lipinski definition) is 1. The normalized spacial score (nSPS) is 24.4. The zero-order valence-corrected chi connectivity index (χ0v) is 7.96. The first kappa shape index (κ1) is 9.19. The summed E-state index contributed by atoms with van der Waals surface area (Å²) in [6.07, 6.45) is 0.917. The van der Waals surface area contributed by atoms with Crippen LogP contribution in [-0.4, -0.2) is 5.91 Å². The first-order valence-electron chi connectivity index (χ1n) is 4.74. The van der Waals surface area contributed by atoms with Gasteiger partial charge in [0.25, 0.3) is 0 Å². The summed E-state index contributed by atoms with van der Waals surface area (Å²) in [5.74, 6) is 0.0770. The molecule has 0 spiro atoms. The molecule has 74 valence electrons. The Morgan fingerprint density at radius 3 is 2.71 bits per heavy atom. The Hall–Kier alpha value is -1.38. The van der Waals surface area contributed by atoms with Gasteiger partial charge in [-0.15, -0.1) is 0 Å². The summed E-state index contributed by atoms with van der Waals surface area (Å²) in [4.78, 5) is 11.5. The molecule has 1 fully saturated rings. The van der Waals surface area contributed by atoms with E-state index < -0.39 is 0 Å². The number of rotatable bonds is 2. The molecule has 2 rings (SSSR count). The van der Waals surface area contributed by atoms with E-state index >= 15 is 0 Å². The van der Waals surface area contributed by atoms with Gasteiger partial charge in [0, 0.05) is 5.92 Å². The van der Waals surface area contributed by atoms with Gasteiger partial charge in [-0.2, -0.15) is 0 Å². The van der Waals surface area contributed by atoms with E-state index in [1.807, 2.05) is 6.92 Å². The Balaban J connectivity index is 2.04. The number of amides is 1. The van der Waals surface area contributed by atoms with E-state index in [1.54, 1.807) is 18.2 Å². The first-order chi connectivity index (χ1) is 6.68. The fourth-order valence-corrected chi connectivity index (χ4v) is 1.48. The van der Waals surface area contributed by atoms with Crippen LogP contribution in [0.3, 0.4) is 0 Å². The van der Waals surface area contributed by atoms with Gasteiger partial charge in [0.2, 0.25) is 5.91 Å². The second-order valence-electron chi connectivity index (χ2n) is 3.79. The summed E-state index contributed by atoms with van der Waals surface area (Å²) in [6.45, 7) is 2.02. The van der Waals surface area contributed by atoms with E-state index in [1.165, 1.54) is 6.07 Å². The highest BCUT2D eigenvalue weighted by Gasteiger charge is 2.39. The molecule has 3 heteroatoms. The molecule has 2 nitrogen and oxygen atoms in total. The largest absolute Gasteiger partial charge is 0.323 e. The smallest absolute Gasteiger partial charge is 0.227 e. The summed E-state index contributed by atoms with van der Waals surface area (Å²) in [6, 6.07) is 6.21. The van der Waals surface area contributed by atoms with Crippen LogP contribution in [-0.2, 0) is 4.79 Å². The Bertz CT molecular complexity index is 364. The Morgan fingerprint density at radius 2 is 2.14 bits per heavy atom. The summed E-state index contributed by atoms with van der Waals surface area (Å²) in [5.41, 5.74) is 0.275. The van der Waals surface area contributed by atoms with Crippen molar-refractivity contribution in [2.24, 2.45) is 11.8 Å². The molecule has 0 saturated heterocycles. The van der Waals surface area contributed by atoms with Crippen LogP contribution in [0.15, 0.2) is 24.3 Å². The van der Waals surface area contributed by atoms with Crippen molar-refractivity contribution < 1.29 is 9.18 Å². The van der Waals surface area contributed by atoms with Crippen LogP contribution in [0.4, 0.5) is 10.1 Å². The van der Waals surface area contributed by atoms with Crippen LogP contribution < -0.4 is 5.32 Å². The lowest BCUT2D eigenvalue weighted by Crippen LogP contribution is -2.15. The monoisotopic (exact) mass is 193 g/mol. The molecule has 14 heavy (non-hydrogen) atoms. The molecular formula is C11H12FNO. The molecule has 0 unspecified atom stereocenters. The van der Waals surface area contributed by atoms with E-state index in [-0.39, 0.29) is 23.3 Å². The third-order valence-corrected chi connectivity index (χ3v) is 2.58. The molecule has 1 aromatic carbocycles. The first-order valence-corrected chi connectivity index (χ1v) is 4.74. The van der Waals surface area contributed by atoms with Crippen LogP contribution in [0, 0.1) is 17.7 Å². The average Bonchev–Trinajstić information content (AvgIpc) is 2.87. The van der Waals surface area contributed by atoms with Crippen LogP contribution >= 0.6 is 0 Å². The van der Waals surface area contributed by atoms with Crippen LogP contribution in [0.2, 0.25) is 0 Å². The van der Waals surface area contributed by atoms with Crippen molar-refractivity contribution in [3.8, 4) is 0 Å². The standard InChI is InChI=1S/C11H12FNO/c1-7-6-8(7)11(14)13-10-5-3-2-4-9(10)12/h2-5,7-8H,6H2,1H3,(H,13,14)/t7-,8-/m1/s1. The van der Waals surface area contributed by atoms with Crippen molar-refractivity contribution in [3.63, 3.8) is 0 Å². The SMILES string of the molecule is C[C@@H]1C[C@H]1C(=O)Nc1ccccc1F. The van der Waals surface area contributed by atoms with E-state index in [9.17, 15) is 9.18 Å². The maximum atomic E-state index is 13.1. The lowest BCUT2D eigenvalue weighted by Gasteiger charge is -2.04. The molecule has 0 aliphatic heterocycles. The average molecular weight is 193 g/mol. The van der Waals surface area contributed by atoms with Crippen molar-refractivity contribution >= 4 is 11.6 Å². The summed E-state index contributed by atoms with van der Waals surface area (Å²) < 4.78 is 13.1. The highest BCUT2D eigenvalue weighted by Crippen LogP contribution is 2.38. The van der Waals surface area contributed by atoms with Crippen molar-refractivity contribution in [2.75, 3.05) is 5.32 Å². The quantitative estimate of drug-likeness (QED) is 0.767. The molecular weight excluding hydrogens is 181 g/mol. The van der Waals surface area contributed by atoms with Crippen molar-refractivity contribution in [2.45, 2.75) is 13.3 Å². The molecule has 0 aromatic heterocycles. The number of carbonyl (C=O) groups is 1. The van der Waals surface area contributed by atoms with Crippen LogP contribution in [0.25, 0.3) is 0 Å². The van der Waals surface area contributed by atoms with Gasteiger partial charge < -0.3 is 5.32 Å².